The standard InChI is InChI=1S/C7H5BrFNO/c8-6-3-5(4-10-11)1-2-7(6)9/h1-4,11H/b10-4+. The Morgan fingerprint density at radius 3 is 2.82 bits per heavy atom. The van der Waals surface area contributed by atoms with E-state index in [9.17, 15) is 4.39 Å². The zero-order valence-electron chi connectivity index (χ0n) is 5.46. The van der Waals surface area contributed by atoms with Gasteiger partial charge in [0.05, 0.1) is 10.7 Å². The Kier molecular flexibility index (Phi) is 2.59. The molecule has 0 atom stereocenters. The first-order valence-corrected chi connectivity index (χ1v) is 3.66. The molecule has 0 saturated heterocycles. The Balaban J connectivity index is 3.05. The summed E-state index contributed by atoms with van der Waals surface area (Å²) in [5.74, 6) is -0.333. The van der Waals surface area contributed by atoms with E-state index in [2.05, 4.69) is 21.1 Å². The first-order chi connectivity index (χ1) is 5.24. The molecule has 1 aromatic rings. The van der Waals surface area contributed by atoms with Gasteiger partial charge >= 0.3 is 0 Å². The molecule has 0 aliphatic heterocycles. The third-order valence-electron chi connectivity index (χ3n) is 1.15. The Bertz CT molecular complexity index is 288. The van der Waals surface area contributed by atoms with Crippen molar-refractivity contribution in [3.05, 3.63) is 34.1 Å². The molecule has 1 rings (SSSR count). The van der Waals surface area contributed by atoms with E-state index in [1.165, 1.54) is 24.4 Å². The third kappa shape index (κ3) is 2.01. The molecule has 0 aliphatic rings. The largest absolute Gasteiger partial charge is 0.411 e. The van der Waals surface area contributed by atoms with Gasteiger partial charge in [-0.15, -0.1) is 0 Å². The lowest BCUT2D eigenvalue weighted by Crippen LogP contribution is -1.83. The summed E-state index contributed by atoms with van der Waals surface area (Å²) in [6.45, 7) is 0. The summed E-state index contributed by atoms with van der Waals surface area (Å²) in [5, 5.41) is 10.9. The molecule has 4 heteroatoms. The summed E-state index contributed by atoms with van der Waals surface area (Å²) in [4.78, 5) is 0. The van der Waals surface area contributed by atoms with Gasteiger partial charge in [0.1, 0.15) is 5.82 Å². The zero-order chi connectivity index (χ0) is 8.27. The summed E-state index contributed by atoms with van der Waals surface area (Å²) < 4.78 is 12.9. The first kappa shape index (κ1) is 8.20. The number of hydrogen-bond acceptors (Lipinski definition) is 2. The second-order valence-electron chi connectivity index (χ2n) is 1.92. The van der Waals surface area contributed by atoms with E-state index in [0.717, 1.165) is 0 Å². The van der Waals surface area contributed by atoms with Crippen molar-refractivity contribution < 1.29 is 9.60 Å². The number of oxime groups is 1. The number of hydrogen-bond donors (Lipinski definition) is 1. The van der Waals surface area contributed by atoms with Crippen molar-refractivity contribution >= 4 is 22.1 Å². The van der Waals surface area contributed by atoms with E-state index in [4.69, 9.17) is 5.21 Å². The van der Waals surface area contributed by atoms with Crippen LogP contribution in [-0.2, 0) is 0 Å². The van der Waals surface area contributed by atoms with Crippen LogP contribution < -0.4 is 0 Å². The highest BCUT2D eigenvalue weighted by Crippen LogP contribution is 2.15. The molecule has 1 aromatic carbocycles. The molecule has 2 nitrogen and oxygen atoms in total. The lowest BCUT2D eigenvalue weighted by Gasteiger charge is -1.94. The van der Waals surface area contributed by atoms with Gasteiger partial charge in [-0.1, -0.05) is 11.2 Å². The summed E-state index contributed by atoms with van der Waals surface area (Å²) >= 11 is 3.00. The van der Waals surface area contributed by atoms with E-state index < -0.39 is 0 Å². The van der Waals surface area contributed by atoms with Crippen molar-refractivity contribution in [1.82, 2.24) is 0 Å². The molecule has 0 aromatic heterocycles. The Hall–Kier alpha value is -0.900. The van der Waals surface area contributed by atoms with Crippen LogP contribution in [0.3, 0.4) is 0 Å². The van der Waals surface area contributed by atoms with Crippen molar-refractivity contribution in [2.75, 3.05) is 0 Å². The second-order valence-corrected chi connectivity index (χ2v) is 2.77. The monoisotopic (exact) mass is 217 g/mol. The van der Waals surface area contributed by atoms with Crippen molar-refractivity contribution in [2.24, 2.45) is 5.16 Å². The Labute approximate surface area is 71.5 Å². The average molecular weight is 218 g/mol. The molecule has 0 spiro atoms. The Morgan fingerprint density at radius 2 is 2.27 bits per heavy atom. The fourth-order valence-corrected chi connectivity index (χ4v) is 1.06. The molecular formula is C7H5BrFNO. The highest BCUT2D eigenvalue weighted by Gasteiger charge is 1.97. The molecule has 0 radical (unpaired) electrons. The van der Waals surface area contributed by atoms with Crippen LogP contribution in [0.25, 0.3) is 0 Å². The van der Waals surface area contributed by atoms with Gasteiger partial charge in [0.25, 0.3) is 0 Å². The van der Waals surface area contributed by atoms with Crippen molar-refractivity contribution in [2.45, 2.75) is 0 Å². The highest BCUT2D eigenvalue weighted by atomic mass is 79.9. The molecule has 0 bridgehead atoms. The van der Waals surface area contributed by atoms with E-state index in [0.29, 0.717) is 10.0 Å². The second kappa shape index (κ2) is 3.48. The molecule has 0 saturated carbocycles. The number of halogens is 2. The topological polar surface area (TPSA) is 32.6 Å². The maximum absolute atomic E-state index is 12.6. The maximum atomic E-state index is 12.6. The minimum atomic E-state index is -0.333. The maximum Gasteiger partial charge on any atom is 0.137 e. The van der Waals surface area contributed by atoms with Crippen molar-refractivity contribution in [3.63, 3.8) is 0 Å². The summed E-state index contributed by atoms with van der Waals surface area (Å²) in [6.07, 6.45) is 1.23. The highest BCUT2D eigenvalue weighted by molar-refractivity contribution is 9.10. The van der Waals surface area contributed by atoms with E-state index in [-0.39, 0.29) is 5.82 Å². The van der Waals surface area contributed by atoms with Crippen LogP contribution in [0.15, 0.2) is 27.8 Å². The van der Waals surface area contributed by atoms with Gasteiger partial charge in [-0.3, -0.25) is 0 Å². The minimum Gasteiger partial charge on any atom is -0.411 e. The van der Waals surface area contributed by atoms with Crippen LogP contribution in [0.4, 0.5) is 4.39 Å². The van der Waals surface area contributed by atoms with Crippen LogP contribution in [0.2, 0.25) is 0 Å². The number of nitrogens with zero attached hydrogens (tertiary/aromatic N) is 1. The molecule has 0 aliphatic carbocycles. The summed E-state index contributed by atoms with van der Waals surface area (Å²) in [7, 11) is 0. The fraction of sp³-hybridized carbons (Fsp3) is 0. The van der Waals surface area contributed by atoms with Crippen LogP contribution in [0.1, 0.15) is 5.56 Å². The quantitative estimate of drug-likeness (QED) is 0.438. The fourth-order valence-electron chi connectivity index (χ4n) is 0.659. The lowest BCUT2D eigenvalue weighted by molar-refractivity contribution is 0.322. The predicted molar refractivity (Wildman–Crippen MR) is 43.5 cm³/mol. The van der Waals surface area contributed by atoms with Crippen LogP contribution >= 0.6 is 15.9 Å². The van der Waals surface area contributed by atoms with Gasteiger partial charge < -0.3 is 5.21 Å². The van der Waals surface area contributed by atoms with E-state index >= 15 is 0 Å². The van der Waals surface area contributed by atoms with E-state index in [1.807, 2.05) is 0 Å². The third-order valence-corrected chi connectivity index (χ3v) is 1.76. The normalized spacial score (nSPS) is 10.7. The predicted octanol–water partition coefficient (Wildman–Crippen LogP) is 2.40. The van der Waals surface area contributed by atoms with Gasteiger partial charge in [-0.2, -0.15) is 0 Å². The van der Waals surface area contributed by atoms with Crippen LogP contribution in [0, 0.1) is 5.82 Å². The van der Waals surface area contributed by atoms with Gasteiger partial charge in [0.15, 0.2) is 0 Å². The molecule has 58 valence electrons. The average Bonchev–Trinajstić information content (AvgIpc) is 1.98. The summed E-state index contributed by atoms with van der Waals surface area (Å²) in [5.41, 5.74) is 0.640. The minimum absolute atomic E-state index is 0.333. The zero-order valence-corrected chi connectivity index (χ0v) is 7.05. The van der Waals surface area contributed by atoms with Crippen molar-refractivity contribution in [3.8, 4) is 0 Å². The number of rotatable bonds is 1. The van der Waals surface area contributed by atoms with Crippen LogP contribution in [0.5, 0.6) is 0 Å². The molecule has 0 fully saturated rings. The summed E-state index contributed by atoms with van der Waals surface area (Å²) in [6, 6.07) is 4.33. The van der Waals surface area contributed by atoms with Gasteiger partial charge in [-0.05, 0) is 33.6 Å². The van der Waals surface area contributed by atoms with Crippen LogP contribution in [-0.4, -0.2) is 11.4 Å². The first-order valence-electron chi connectivity index (χ1n) is 2.86. The van der Waals surface area contributed by atoms with Crippen molar-refractivity contribution in [1.29, 1.82) is 0 Å². The number of benzene rings is 1. The molecule has 0 heterocycles. The van der Waals surface area contributed by atoms with Gasteiger partial charge in [0.2, 0.25) is 0 Å². The molecule has 1 N–H and O–H groups in total. The van der Waals surface area contributed by atoms with Gasteiger partial charge in [0, 0.05) is 0 Å². The smallest absolute Gasteiger partial charge is 0.137 e. The SMILES string of the molecule is O/N=C/c1ccc(F)c(Br)c1. The lowest BCUT2D eigenvalue weighted by atomic mass is 10.2. The van der Waals surface area contributed by atoms with Gasteiger partial charge in [-0.25, -0.2) is 4.39 Å². The molecular weight excluding hydrogens is 213 g/mol. The molecule has 0 amide bonds. The molecule has 11 heavy (non-hydrogen) atoms. The Morgan fingerprint density at radius 1 is 1.55 bits per heavy atom. The van der Waals surface area contributed by atoms with E-state index in [1.54, 1.807) is 0 Å². The molecule has 0 unspecified atom stereocenters.